The van der Waals surface area contributed by atoms with E-state index in [1.54, 1.807) is 0 Å². The second kappa shape index (κ2) is 7.66. The van der Waals surface area contributed by atoms with Gasteiger partial charge in [0.15, 0.2) is 5.78 Å². The van der Waals surface area contributed by atoms with Gasteiger partial charge in [0, 0.05) is 19.0 Å². The summed E-state index contributed by atoms with van der Waals surface area (Å²) in [5.74, 6) is -0.144. The molecule has 1 aromatic rings. The van der Waals surface area contributed by atoms with Crippen LogP contribution in [-0.2, 0) is 11.2 Å². The summed E-state index contributed by atoms with van der Waals surface area (Å²) in [5, 5.41) is 0. The first kappa shape index (κ1) is 16.1. The topological polar surface area (TPSA) is 46.3 Å². The minimum Gasteiger partial charge on any atom is -0.316 e. The Kier molecular flexibility index (Phi) is 5.88. The number of carbonyl (C=O) groups is 1. The summed E-state index contributed by atoms with van der Waals surface area (Å²) in [5.41, 5.74) is 7.17. The number of nitrogens with two attached hydrogens (primary N) is 1. The molecule has 0 amide bonds. The van der Waals surface area contributed by atoms with Gasteiger partial charge in [-0.25, -0.2) is 4.39 Å². The number of hydrogen-bond donors (Lipinski definition) is 1. The van der Waals surface area contributed by atoms with Gasteiger partial charge in [0.25, 0.3) is 0 Å². The first-order chi connectivity index (χ1) is 10.1. The summed E-state index contributed by atoms with van der Waals surface area (Å²) in [7, 11) is 0. The molecular formula is C17H24FN2O. The number of carbonyl (C=O) groups excluding carboxylic acids is 1. The van der Waals surface area contributed by atoms with E-state index < -0.39 is 0 Å². The molecule has 0 aliphatic carbocycles. The normalized spacial score (nSPS) is 19.9. The highest BCUT2D eigenvalue weighted by atomic mass is 19.1. The van der Waals surface area contributed by atoms with Crippen molar-refractivity contribution >= 4 is 5.78 Å². The summed E-state index contributed by atoms with van der Waals surface area (Å²) >= 11 is 0. The van der Waals surface area contributed by atoms with Crippen molar-refractivity contribution in [3.05, 3.63) is 41.7 Å². The molecule has 1 aliphatic rings. The van der Waals surface area contributed by atoms with Gasteiger partial charge in [-0.1, -0.05) is 25.5 Å². The fourth-order valence-corrected chi connectivity index (χ4v) is 2.92. The highest BCUT2D eigenvalue weighted by molar-refractivity contribution is 5.91. The van der Waals surface area contributed by atoms with Crippen LogP contribution in [-0.4, -0.2) is 29.8 Å². The quantitative estimate of drug-likeness (QED) is 0.876. The second-order valence-corrected chi connectivity index (χ2v) is 5.66. The monoisotopic (exact) mass is 291 g/mol. The zero-order valence-corrected chi connectivity index (χ0v) is 12.6. The lowest BCUT2D eigenvalue weighted by atomic mass is 9.92. The number of ketones is 1. The van der Waals surface area contributed by atoms with Crippen molar-refractivity contribution in [1.29, 1.82) is 0 Å². The van der Waals surface area contributed by atoms with Crippen molar-refractivity contribution in [1.82, 2.24) is 4.90 Å². The molecule has 1 radical (unpaired) electrons. The van der Waals surface area contributed by atoms with Gasteiger partial charge in [-0.15, -0.1) is 0 Å². The van der Waals surface area contributed by atoms with E-state index in [-0.39, 0.29) is 17.6 Å². The first-order valence-electron chi connectivity index (χ1n) is 7.75. The number of nitrogens with zero attached hydrogens (tertiary/aromatic N) is 1. The zero-order chi connectivity index (χ0) is 15.2. The number of rotatable bonds is 6. The molecule has 21 heavy (non-hydrogen) atoms. The number of Topliss-reactive ketones (excluding diaryl/α,β-unsaturated/α-hetero) is 1. The Morgan fingerprint density at radius 1 is 1.33 bits per heavy atom. The molecule has 1 atom stereocenters. The van der Waals surface area contributed by atoms with Crippen LogP contribution in [0.3, 0.4) is 0 Å². The Labute approximate surface area is 126 Å². The van der Waals surface area contributed by atoms with E-state index in [1.165, 1.54) is 12.1 Å². The summed E-state index contributed by atoms with van der Waals surface area (Å²) in [4.78, 5) is 14.1. The van der Waals surface area contributed by atoms with Crippen LogP contribution < -0.4 is 5.73 Å². The third-order valence-electron chi connectivity index (χ3n) is 4.22. The smallest absolute Gasteiger partial charge is 0.156 e. The van der Waals surface area contributed by atoms with Gasteiger partial charge in [0.05, 0.1) is 0 Å². The van der Waals surface area contributed by atoms with E-state index in [0.717, 1.165) is 44.3 Å². The van der Waals surface area contributed by atoms with Crippen LogP contribution in [0.4, 0.5) is 4.39 Å². The minimum absolute atomic E-state index is 0.0636. The number of hydrogen-bond acceptors (Lipinski definition) is 3. The summed E-state index contributed by atoms with van der Waals surface area (Å²) in [6.07, 6.45) is 4.54. The molecule has 3 nitrogen and oxygen atoms in total. The maximum absolute atomic E-state index is 12.9. The third kappa shape index (κ3) is 4.35. The largest absolute Gasteiger partial charge is 0.316 e. The zero-order valence-electron chi connectivity index (χ0n) is 12.6. The Hall–Kier alpha value is -1.26. The lowest BCUT2D eigenvalue weighted by molar-refractivity contribution is -0.118. The average molecular weight is 291 g/mol. The number of benzene rings is 1. The van der Waals surface area contributed by atoms with Crippen LogP contribution in [0.1, 0.15) is 38.2 Å². The van der Waals surface area contributed by atoms with Gasteiger partial charge in [-0.3, -0.25) is 9.69 Å². The SMILES string of the molecule is CCC(=O)[C](N)C1CCCCN1CCc1ccc(F)cc1. The van der Waals surface area contributed by atoms with Crippen molar-refractivity contribution < 1.29 is 9.18 Å². The van der Waals surface area contributed by atoms with Crippen molar-refractivity contribution in [2.75, 3.05) is 13.1 Å². The van der Waals surface area contributed by atoms with Gasteiger partial charge in [0.2, 0.25) is 0 Å². The Morgan fingerprint density at radius 2 is 2.05 bits per heavy atom. The van der Waals surface area contributed by atoms with Crippen LogP contribution in [0.2, 0.25) is 0 Å². The van der Waals surface area contributed by atoms with Gasteiger partial charge in [-0.2, -0.15) is 0 Å². The second-order valence-electron chi connectivity index (χ2n) is 5.66. The molecule has 1 unspecified atom stereocenters. The lowest BCUT2D eigenvalue weighted by Gasteiger charge is -2.38. The molecule has 2 rings (SSSR count). The number of halogens is 1. The molecule has 0 spiro atoms. The molecule has 0 saturated carbocycles. The van der Waals surface area contributed by atoms with Crippen molar-refractivity contribution in [3.8, 4) is 0 Å². The van der Waals surface area contributed by atoms with E-state index in [0.29, 0.717) is 12.5 Å². The Bertz CT molecular complexity index is 460. The Balaban J connectivity index is 1.95. The van der Waals surface area contributed by atoms with E-state index in [4.69, 9.17) is 5.73 Å². The predicted molar refractivity (Wildman–Crippen MR) is 82.0 cm³/mol. The van der Waals surface area contributed by atoms with Crippen molar-refractivity contribution in [2.45, 2.75) is 45.1 Å². The van der Waals surface area contributed by atoms with Crippen LogP contribution in [0.15, 0.2) is 24.3 Å². The molecule has 1 aliphatic heterocycles. The lowest BCUT2D eigenvalue weighted by Crippen LogP contribution is -2.49. The van der Waals surface area contributed by atoms with Crippen LogP contribution in [0, 0.1) is 11.9 Å². The molecule has 0 bridgehead atoms. The molecule has 2 N–H and O–H groups in total. The fraction of sp³-hybridized carbons (Fsp3) is 0.529. The van der Waals surface area contributed by atoms with Crippen molar-refractivity contribution in [3.63, 3.8) is 0 Å². The van der Waals surface area contributed by atoms with Crippen LogP contribution in [0.25, 0.3) is 0 Å². The molecule has 0 aromatic heterocycles. The minimum atomic E-state index is -0.208. The molecular weight excluding hydrogens is 267 g/mol. The van der Waals surface area contributed by atoms with Crippen molar-refractivity contribution in [2.24, 2.45) is 5.73 Å². The summed E-state index contributed by atoms with van der Waals surface area (Å²) in [6.45, 7) is 3.68. The van der Waals surface area contributed by atoms with Gasteiger partial charge in [0.1, 0.15) is 11.9 Å². The van der Waals surface area contributed by atoms with Crippen LogP contribution >= 0.6 is 0 Å². The standard InChI is InChI=1S/C17H24FN2O/c1-2-16(21)17(19)15-5-3-4-11-20(15)12-10-13-6-8-14(18)9-7-13/h6-9,15H,2-5,10-12,19H2,1H3. The molecule has 1 heterocycles. The molecule has 1 fully saturated rings. The summed E-state index contributed by atoms with van der Waals surface area (Å²) in [6, 6.07) is 7.20. The molecule has 4 heteroatoms. The Morgan fingerprint density at radius 3 is 2.71 bits per heavy atom. The van der Waals surface area contributed by atoms with Gasteiger partial charge < -0.3 is 5.73 Å². The van der Waals surface area contributed by atoms with E-state index in [9.17, 15) is 9.18 Å². The molecule has 1 saturated heterocycles. The maximum Gasteiger partial charge on any atom is 0.156 e. The highest BCUT2D eigenvalue weighted by Crippen LogP contribution is 2.23. The van der Waals surface area contributed by atoms with Gasteiger partial charge in [-0.05, 0) is 43.5 Å². The van der Waals surface area contributed by atoms with Crippen LogP contribution in [0.5, 0.6) is 0 Å². The maximum atomic E-state index is 12.9. The fourth-order valence-electron chi connectivity index (χ4n) is 2.92. The summed E-state index contributed by atoms with van der Waals surface area (Å²) < 4.78 is 12.9. The molecule has 115 valence electrons. The first-order valence-corrected chi connectivity index (χ1v) is 7.75. The number of piperidine rings is 1. The van der Waals surface area contributed by atoms with Gasteiger partial charge >= 0.3 is 0 Å². The highest BCUT2D eigenvalue weighted by Gasteiger charge is 2.31. The predicted octanol–water partition coefficient (Wildman–Crippen LogP) is 2.69. The van der Waals surface area contributed by atoms with E-state index >= 15 is 0 Å². The third-order valence-corrected chi connectivity index (χ3v) is 4.22. The average Bonchev–Trinajstić information content (AvgIpc) is 2.53. The molecule has 1 aromatic carbocycles. The number of likely N-dealkylation sites (tertiary alicyclic amines) is 1. The van der Waals surface area contributed by atoms with E-state index in [1.807, 2.05) is 19.1 Å². The van der Waals surface area contributed by atoms with E-state index in [2.05, 4.69) is 4.90 Å².